The van der Waals surface area contributed by atoms with E-state index in [9.17, 15) is 4.79 Å². The third-order valence-electron chi connectivity index (χ3n) is 3.73. The second-order valence-corrected chi connectivity index (χ2v) is 6.92. The van der Waals surface area contributed by atoms with Crippen LogP contribution in [0.25, 0.3) is 22.6 Å². The van der Waals surface area contributed by atoms with E-state index in [1.165, 1.54) is 0 Å². The third kappa shape index (κ3) is 4.39. The SMILES string of the molecule is O=C(O)CCCc1nc(-c2ccc(Cl)c(Cl)c2)c(-c2cccc(Cl)c2)o1. The van der Waals surface area contributed by atoms with Crippen molar-refractivity contribution in [3.05, 3.63) is 63.4 Å². The molecular weight excluding hydrogens is 397 g/mol. The summed E-state index contributed by atoms with van der Waals surface area (Å²) in [4.78, 5) is 15.3. The van der Waals surface area contributed by atoms with Gasteiger partial charge in [-0.05, 0) is 30.7 Å². The third-order valence-corrected chi connectivity index (χ3v) is 4.71. The van der Waals surface area contributed by atoms with Crippen molar-refractivity contribution < 1.29 is 14.3 Å². The second kappa shape index (κ2) is 8.12. The van der Waals surface area contributed by atoms with E-state index in [1.807, 2.05) is 12.1 Å². The van der Waals surface area contributed by atoms with Gasteiger partial charge in [-0.15, -0.1) is 0 Å². The molecule has 0 unspecified atom stereocenters. The number of nitrogens with zero attached hydrogens (tertiary/aromatic N) is 1. The molecule has 7 heteroatoms. The zero-order valence-corrected chi connectivity index (χ0v) is 15.8. The van der Waals surface area contributed by atoms with E-state index >= 15 is 0 Å². The first-order chi connectivity index (χ1) is 12.4. The molecule has 0 radical (unpaired) electrons. The molecule has 0 saturated heterocycles. The molecule has 1 heterocycles. The Labute approximate surface area is 165 Å². The Morgan fingerprint density at radius 1 is 1.04 bits per heavy atom. The van der Waals surface area contributed by atoms with Crippen molar-refractivity contribution in [3.63, 3.8) is 0 Å². The van der Waals surface area contributed by atoms with E-state index in [2.05, 4.69) is 4.98 Å². The van der Waals surface area contributed by atoms with Gasteiger partial charge < -0.3 is 9.52 Å². The van der Waals surface area contributed by atoms with Crippen LogP contribution in [-0.4, -0.2) is 16.1 Å². The molecule has 0 saturated carbocycles. The molecule has 0 fully saturated rings. The fourth-order valence-electron chi connectivity index (χ4n) is 2.53. The molecule has 0 bridgehead atoms. The van der Waals surface area contributed by atoms with E-state index in [-0.39, 0.29) is 6.42 Å². The summed E-state index contributed by atoms with van der Waals surface area (Å²) < 4.78 is 5.92. The average Bonchev–Trinajstić information content (AvgIpc) is 3.01. The summed E-state index contributed by atoms with van der Waals surface area (Å²) in [6.45, 7) is 0. The Hall–Kier alpha value is -2.01. The van der Waals surface area contributed by atoms with Crippen molar-refractivity contribution in [2.75, 3.05) is 0 Å². The summed E-state index contributed by atoms with van der Waals surface area (Å²) in [5.41, 5.74) is 2.13. The Morgan fingerprint density at radius 2 is 1.85 bits per heavy atom. The molecule has 0 aliphatic carbocycles. The van der Waals surface area contributed by atoms with Crippen molar-refractivity contribution in [3.8, 4) is 22.6 Å². The zero-order valence-electron chi connectivity index (χ0n) is 13.5. The van der Waals surface area contributed by atoms with Crippen LogP contribution in [0.3, 0.4) is 0 Å². The standard InChI is InChI=1S/C19H14Cl3NO3/c20-13-4-1-3-12(9-13)19-18(11-7-8-14(21)15(22)10-11)23-16(26-19)5-2-6-17(24)25/h1,3-4,7-10H,2,5-6H2,(H,24,25). The lowest BCUT2D eigenvalue weighted by Crippen LogP contribution is -1.95. The van der Waals surface area contributed by atoms with Crippen molar-refractivity contribution >= 4 is 40.8 Å². The van der Waals surface area contributed by atoms with Gasteiger partial charge in [0.25, 0.3) is 0 Å². The highest BCUT2D eigenvalue weighted by atomic mass is 35.5. The number of oxazole rings is 1. The topological polar surface area (TPSA) is 63.3 Å². The monoisotopic (exact) mass is 409 g/mol. The van der Waals surface area contributed by atoms with E-state index in [0.29, 0.717) is 45.3 Å². The fourth-order valence-corrected chi connectivity index (χ4v) is 3.02. The maximum atomic E-state index is 10.7. The smallest absolute Gasteiger partial charge is 0.303 e. The number of benzene rings is 2. The van der Waals surface area contributed by atoms with E-state index in [1.54, 1.807) is 30.3 Å². The number of rotatable bonds is 6. The Balaban J connectivity index is 2.03. The molecule has 4 nitrogen and oxygen atoms in total. The van der Waals surface area contributed by atoms with Gasteiger partial charge in [-0.2, -0.15) is 0 Å². The number of aliphatic carboxylic acids is 1. The molecule has 0 aliphatic rings. The number of aromatic nitrogens is 1. The average molecular weight is 411 g/mol. The summed E-state index contributed by atoms with van der Waals surface area (Å²) in [6, 6.07) is 12.5. The van der Waals surface area contributed by atoms with Gasteiger partial charge in [-0.25, -0.2) is 4.98 Å². The number of carboxylic acids is 1. The van der Waals surface area contributed by atoms with E-state index in [4.69, 9.17) is 44.3 Å². The molecule has 1 N–H and O–H groups in total. The van der Waals surface area contributed by atoms with Crippen molar-refractivity contribution in [1.29, 1.82) is 0 Å². The molecule has 0 amide bonds. The summed E-state index contributed by atoms with van der Waals surface area (Å²) in [6.07, 6.45) is 0.907. The first-order valence-electron chi connectivity index (χ1n) is 7.87. The zero-order chi connectivity index (χ0) is 18.7. The number of hydrogen-bond acceptors (Lipinski definition) is 3. The molecule has 134 valence electrons. The van der Waals surface area contributed by atoms with Crippen LogP contribution in [0.5, 0.6) is 0 Å². The number of halogens is 3. The molecule has 0 atom stereocenters. The summed E-state index contributed by atoms with van der Waals surface area (Å²) in [5, 5.41) is 10.2. The van der Waals surface area contributed by atoms with Crippen LogP contribution in [0.15, 0.2) is 46.9 Å². The molecule has 3 aromatic rings. The Morgan fingerprint density at radius 3 is 2.54 bits per heavy atom. The molecule has 1 aromatic heterocycles. The van der Waals surface area contributed by atoms with Gasteiger partial charge in [0.1, 0.15) is 5.69 Å². The predicted octanol–water partition coefficient (Wildman–Crippen LogP) is 6.38. The van der Waals surface area contributed by atoms with Gasteiger partial charge in [0.15, 0.2) is 11.7 Å². The van der Waals surface area contributed by atoms with Crippen molar-refractivity contribution in [2.45, 2.75) is 19.3 Å². The van der Waals surface area contributed by atoms with Crippen LogP contribution >= 0.6 is 34.8 Å². The number of carbonyl (C=O) groups is 1. The minimum absolute atomic E-state index is 0.0526. The van der Waals surface area contributed by atoms with E-state index in [0.717, 1.165) is 11.1 Å². The van der Waals surface area contributed by atoms with Crippen LogP contribution in [0.2, 0.25) is 15.1 Å². The fraction of sp³-hybridized carbons (Fsp3) is 0.158. The van der Waals surface area contributed by atoms with Crippen LogP contribution < -0.4 is 0 Å². The predicted molar refractivity (Wildman–Crippen MR) is 103 cm³/mol. The molecule has 3 rings (SSSR count). The lowest BCUT2D eigenvalue weighted by atomic mass is 10.1. The molecule has 26 heavy (non-hydrogen) atoms. The molecule has 0 spiro atoms. The van der Waals surface area contributed by atoms with Gasteiger partial charge >= 0.3 is 5.97 Å². The highest BCUT2D eigenvalue weighted by molar-refractivity contribution is 6.42. The van der Waals surface area contributed by atoms with E-state index < -0.39 is 5.97 Å². The minimum Gasteiger partial charge on any atom is -0.481 e. The first kappa shape index (κ1) is 18.8. The van der Waals surface area contributed by atoms with Crippen molar-refractivity contribution in [1.82, 2.24) is 4.98 Å². The van der Waals surface area contributed by atoms with Gasteiger partial charge in [-0.3, -0.25) is 4.79 Å². The number of aryl methyl sites for hydroxylation is 1. The minimum atomic E-state index is -0.851. The van der Waals surface area contributed by atoms with Crippen LogP contribution in [0.4, 0.5) is 0 Å². The molecule has 0 aliphatic heterocycles. The second-order valence-electron chi connectivity index (χ2n) is 5.67. The quantitative estimate of drug-likeness (QED) is 0.512. The lowest BCUT2D eigenvalue weighted by molar-refractivity contribution is -0.137. The van der Waals surface area contributed by atoms with Crippen LogP contribution in [0, 0.1) is 0 Å². The van der Waals surface area contributed by atoms with Crippen LogP contribution in [-0.2, 0) is 11.2 Å². The van der Waals surface area contributed by atoms with Gasteiger partial charge in [0.2, 0.25) is 0 Å². The maximum Gasteiger partial charge on any atom is 0.303 e. The Bertz CT molecular complexity index is 953. The normalized spacial score (nSPS) is 10.9. The molecular formula is C19H14Cl3NO3. The highest BCUT2D eigenvalue weighted by Crippen LogP contribution is 2.36. The van der Waals surface area contributed by atoms with Gasteiger partial charge in [-0.1, -0.05) is 53.0 Å². The van der Waals surface area contributed by atoms with Gasteiger partial charge in [0, 0.05) is 29.0 Å². The number of carboxylic acid groups (broad SMARTS) is 1. The highest BCUT2D eigenvalue weighted by Gasteiger charge is 2.18. The van der Waals surface area contributed by atoms with Crippen molar-refractivity contribution in [2.24, 2.45) is 0 Å². The maximum absolute atomic E-state index is 10.7. The summed E-state index contributed by atoms with van der Waals surface area (Å²) in [5.74, 6) is 0.162. The van der Waals surface area contributed by atoms with Crippen LogP contribution in [0.1, 0.15) is 18.7 Å². The first-order valence-corrected chi connectivity index (χ1v) is 9.00. The largest absolute Gasteiger partial charge is 0.481 e. The van der Waals surface area contributed by atoms with Gasteiger partial charge in [0.05, 0.1) is 10.0 Å². The lowest BCUT2D eigenvalue weighted by Gasteiger charge is -2.03. The number of hydrogen-bond donors (Lipinski definition) is 1. The summed E-state index contributed by atoms with van der Waals surface area (Å²) >= 11 is 18.2. The summed E-state index contributed by atoms with van der Waals surface area (Å²) in [7, 11) is 0. The molecule has 2 aromatic carbocycles. The Kier molecular flexibility index (Phi) is 5.87.